The fraction of sp³-hybridized carbons (Fsp3) is 0.467. The molecule has 22 heavy (non-hydrogen) atoms. The van der Waals surface area contributed by atoms with Gasteiger partial charge < -0.3 is 5.32 Å². The van der Waals surface area contributed by atoms with E-state index in [4.69, 9.17) is 0 Å². The van der Waals surface area contributed by atoms with Gasteiger partial charge in [-0.05, 0) is 31.4 Å². The molecule has 3 aromatic rings. The van der Waals surface area contributed by atoms with Crippen LogP contribution in [-0.4, -0.2) is 31.3 Å². The van der Waals surface area contributed by atoms with E-state index in [1.165, 1.54) is 22.7 Å². The highest BCUT2D eigenvalue weighted by molar-refractivity contribution is 7.11. The Kier molecular flexibility index (Phi) is 3.49. The Morgan fingerprint density at radius 3 is 3.00 bits per heavy atom. The maximum atomic E-state index is 4.61. The summed E-state index contributed by atoms with van der Waals surface area (Å²) in [7, 11) is 0. The summed E-state index contributed by atoms with van der Waals surface area (Å²) < 4.78 is 1.87. The van der Waals surface area contributed by atoms with E-state index in [-0.39, 0.29) is 0 Å². The molecule has 0 unspecified atom stereocenters. The minimum absolute atomic E-state index is 0.542. The number of hydrogen-bond acceptors (Lipinski definition) is 6. The van der Waals surface area contributed by atoms with Gasteiger partial charge in [-0.2, -0.15) is 4.52 Å². The molecule has 6 nitrogen and oxygen atoms in total. The van der Waals surface area contributed by atoms with E-state index in [0.717, 1.165) is 36.7 Å². The number of fused-ring (bicyclic) bond motifs is 1. The molecule has 1 fully saturated rings. The predicted octanol–water partition coefficient (Wildman–Crippen LogP) is 2.68. The molecule has 0 spiro atoms. The van der Waals surface area contributed by atoms with Gasteiger partial charge in [0.05, 0.1) is 5.01 Å². The van der Waals surface area contributed by atoms with Crippen LogP contribution in [0.3, 0.4) is 0 Å². The van der Waals surface area contributed by atoms with Crippen LogP contribution in [0.4, 0.5) is 5.82 Å². The Balaban J connectivity index is 1.43. The van der Waals surface area contributed by atoms with Crippen molar-refractivity contribution in [1.82, 2.24) is 24.8 Å². The Labute approximate surface area is 132 Å². The first-order valence-electron chi connectivity index (χ1n) is 7.73. The summed E-state index contributed by atoms with van der Waals surface area (Å²) in [5.74, 6) is 2.40. The topological polar surface area (TPSA) is 68.0 Å². The van der Waals surface area contributed by atoms with Crippen molar-refractivity contribution in [3.63, 3.8) is 0 Å². The molecule has 3 aromatic heterocycles. The zero-order valence-electron chi connectivity index (χ0n) is 12.5. The van der Waals surface area contributed by atoms with Crippen molar-refractivity contribution >= 4 is 22.8 Å². The van der Waals surface area contributed by atoms with Crippen molar-refractivity contribution in [3.8, 4) is 0 Å². The molecule has 7 heteroatoms. The molecule has 0 amide bonds. The molecular weight excluding hydrogens is 296 g/mol. The maximum Gasteiger partial charge on any atom is 0.178 e. The lowest BCUT2D eigenvalue weighted by molar-refractivity contribution is 0.813. The Hall–Kier alpha value is -2.02. The normalized spacial score (nSPS) is 14.6. The second-order valence-corrected chi connectivity index (χ2v) is 6.77. The summed E-state index contributed by atoms with van der Waals surface area (Å²) >= 11 is 1.79. The number of thiazole rings is 1. The smallest absolute Gasteiger partial charge is 0.178 e. The molecule has 0 saturated heterocycles. The van der Waals surface area contributed by atoms with Crippen LogP contribution in [-0.2, 0) is 12.8 Å². The third-order valence-electron chi connectivity index (χ3n) is 3.82. The van der Waals surface area contributed by atoms with Gasteiger partial charge in [0.2, 0.25) is 0 Å². The lowest BCUT2D eigenvalue weighted by Gasteiger charge is -2.05. The lowest BCUT2D eigenvalue weighted by Crippen LogP contribution is -2.08. The van der Waals surface area contributed by atoms with Gasteiger partial charge in [-0.1, -0.05) is 6.92 Å². The standard InChI is InChI=1S/C15H18N6S/c1-2-11-9-17-14(22-11)7-8-16-12-5-6-13-18-19-15(10-3-4-10)21(13)20-12/h5-6,9-10H,2-4,7-8H2,1H3,(H,16,20). The fourth-order valence-electron chi connectivity index (χ4n) is 2.42. The van der Waals surface area contributed by atoms with Crippen molar-refractivity contribution in [2.75, 3.05) is 11.9 Å². The van der Waals surface area contributed by atoms with Crippen LogP contribution in [0.25, 0.3) is 5.65 Å². The van der Waals surface area contributed by atoms with Gasteiger partial charge in [0.1, 0.15) is 5.82 Å². The SMILES string of the molecule is CCc1cnc(CCNc2ccc3nnc(C4CC4)n3n2)s1. The van der Waals surface area contributed by atoms with E-state index >= 15 is 0 Å². The van der Waals surface area contributed by atoms with Crippen molar-refractivity contribution in [2.24, 2.45) is 0 Å². The average Bonchev–Trinajstić information content (AvgIpc) is 3.13. The number of nitrogens with zero attached hydrogens (tertiary/aromatic N) is 5. The summed E-state index contributed by atoms with van der Waals surface area (Å²) in [6.07, 6.45) is 6.35. The van der Waals surface area contributed by atoms with Crippen LogP contribution in [0.15, 0.2) is 18.3 Å². The highest BCUT2D eigenvalue weighted by Gasteiger charge is 2.29. The van der Waals surface area contributed by atoms with Gasteiger partial charge in [0.15, 0.2) is 11.5 Å². The summed E-state index contributed by atoms with van der Waals surface area (Å²) in [5.41, 5.74) is 0.819. The molecule has 0 atom stereocenters. The van der Waals surface area contributed by atoms with Gasteiger partial charge in [-0.3, -0.25) is 0 Å². The van der Waals surface area contributed by atoms with Crippen molar-refractivity contribution in [3.05, 3.63) is 34.0 Å². The number of hydrogen-bond donors (Lipinski definition) is 1. The molecule has 4 rings (SSSR count). The van der Waals surface area contributed by atoms with E-state index < -0.39 is 0 Å². The van der Waals surface area contributed by atoms with Gasteiger partial charge in [0.25, 0.3) is 0 Å². The molecule has 0 radical (unpaired) electrons. The lowest BCUT2D eigenvalue weighted by atomic mass is 10.4. The highest BCUT2D eigenvalue weighted by atomic mass is 32.1. The van der Waals surface area contributed by atoms with E-state index in [9.17, 15) is 0 Å². The van der Waals surface area contributed by atoms with E-state index in [2.05, 4.69) is 32.5 Å². The van der Waals surface area contributed by atoms with Gasteiger partial charge >= 0.3 is 0 Å². The number of aromatic nitrogens is 5. The molecule has 1 aliphatic rings. The molecule has 1 saturated carbocycles. The Bertz CT molecular complexity index is 788. The first-order valence-corrected chi connectivity index (χ1v) is 8.55. The second-order valence-electron chi connectivity index (χ2n) is 5.57. The molecular formula is C15H18N6S. The number of nitrogens with one attached hydrogen (secondary N) is 1. The number of aryl methyl sites for hydroxylation is 1. The fourth-order valence-corrected chi connectivity index (χ4v) is 3.28. The average molecular weight is 314 g/mol. The molecule has 3 heterocycles. The zero-order chi connectivity index (χ0) is 14.9. The zero-order valence-corrected chi connectivity index (χ0v) is 13.3. The predicted molar refractivity (Wildman–Crippen MR) is 86.4 cm³/mol. The highest BCUT2D eigenvalue weighted by Crippen LogP contribution is 2.38. The van der Waals surface area contributed by atoms with E-state index in [1.54, 1.807) is 11.3 Å². The van der Waals surface area contributed by atoms with E-state index in [1.807, 2.05) is 22.8 Å². The van der Waals surface area contributed by atoms with Crippen LogP contribution in [0.1, 0.15) is 41.4 Å². The summed E-state index contributed by atoms with van der Waals surface area (Å²) in [4.78, 5) is 5.78. The van der Waals surface area contributed by atoms with Crippen molar-refractivity contribution < 1.29 is 0 Å². The molecule has 114 valence electrons. The van der Waals surface area contributed by atoms with Crippen LogP contribution in [0, 0.1) is 0 Å². The molecule has 1 aliphatic carbocycles. The third kappa shape index (κ3) is 2.68. The van der Waals surface area contributed by atoms with E-state index in [0.29, 0.717) is 5.92 Å². The van der Waals surface area contributed by atoms with Crippen molar-refractivity contribution in [1.29, 1.82) is 0 Å². The quantitative estimate of drug-likeness (QED) is 0.757. The van der Waals surface area contributed by atoms with Crippen LogP contribution < -0.4 is 5.32 Å². The van der Waals surface area contributed by atoms with Gasteiger partial charge in [0, 0.05) is 30.0 Å². The van der Waals surface area contributed by atoms with Crippen molar-refractivity contribution in [2.45, 2.75) is 38.5 Å². The summed E-state index contributed by atoms with van der Waals surface area (Å²) in [5, 5.41) is 17.6. The van der Waals surface area contributed by atoms with Gasteiger partial charge in [-0.15, -0.1) is 26.6 Å². The molecule has 0 bridgehead atoms. The number of anilines is 1. The monoisotopic (exact) mass is 314 g/mol. The third-order valence-corrected chi connectivity index (χ3v) is 5.03. The minimum atomic E-state index is 0.542. The summed E-state index contributed by atoms with van der Waals surface area (Å²) in [6, 6.07) is 3.92. The molecule has 1 N–H and O–H groups in total. The molecule has 0 aliphatic heterocycles. The minimum Gasteiger partial charge on any atom is -0.368 e. The second kappa shape index (κ2) is 5.64. The summed E-state index contributed by atoms with van der Waals surface area (Å²) in [6.45, 7) is 2.99. The largest absolute Gasteiger partial charge is 0.368 e. The molecule has 0 aromatic carbocycles. The first kappa shape index (κ1) is 13.6. The first-order chi connectivity index (χ1) is 10.8. The number of rotatable bonds is 6. The van der Waals surface area contributed by atoms with Gasteiger partial charge in [-0.25, -0.2) is 4.98 Å². The van der Waals surface area contributed by atoms with Crippen LogP contribution in [0.2, 0.25) is 0 Å². The maximum absolute atomic E-state index is 4.61. The Morgan fingerprint density at radius 2 is 2.23 bits per heavy atom. The van der Waals surface area contributed by atoms with Crippen LogP contribution in [0.5, 0.6) is 0 Å². The Morgan fingerprint density at radius 1 is 1.32 bits per heavy atom. The van der Waals surface area contributed by atoms with Crippen LogP contribution >= 0.6 is 11.3 Å².